The van der Waals surface area contributed by atoms with Crippen molar-refractivity contribution < 1.29 is 36.2 Å². The van der Waals surface area contributed by atoms with Gasteiger partial charge in [-0.15, -0.1) is 0 Å². The number of carbonyl (C=O) groups excluding carboxylic acids is 1. The number of halogens is 5. The highest BCUT2D eigenvalue weighted by Crippen LogP contribution is 2.41. The van der Waals surface area contributed by atoms with Crippen LogP contribution >= 0.6 is 0 Å². The summed E-state index contributed by atoms with van der Waals surface area (Å²) in [6.07, 6.45) is -4.50. The molecule has 1 fully saturated rings. The van der Waals surface area contributed by atoms with Crippen molar-refractivity contribution in [2.45, 2.75) is 38.0 Å². The van der Waals surface area contributed by atoms with Crippen LogP contribution in [0.3, 0.4) is 0 Å². The Labute approximate surface area is 106 Å². The maximum atomic E-state index is 13.0. The summed E-state index contributed by atoms with van der Waals surface area (Å²) in [5, 5.41) is 0. The first-order valence-corrected chi connectivity index (χ1v) is 5.60. The van der Waals surface area contributed by atoms with Gasteiger partial charge in [0.1, 0.15) is 5.57 Å². The van der Waals surface area contributed by atoms with E-state index in [-0.39, 0.29) is 19.1 Å². The lowest BCUT2D eigenvalue weighted by Crippen LogP contribution is -2.41. The van der Waals surface area contributed by atoms with Gasteiger partial charge in [0.2, 0.25) is 0 Å². The smallest absolute Gasteiger partial charge is 0.458 e. The number of alkyl halides is 5. The predicted molar refractivity (Wildman–Crippen MR) is 54.7 cm³/mol. The standard InChI is InChI=1S/C11H13F5O3/c1-2-8(10(12,13)11(14,15)16)9(17)19-6-4-7-3-5-18-7/h2,7H,3-6H2,1H3. The van der Waals surface area contributed by atoms with Gasteiger partial charge in [-0.1, -0.05) is 6.08 Å². The summed E-state index contributed by atoms with van der Waals surface area (Å²) in [7, 11) is 0. The zero-order valence-electron chi connectivity index (χ0n) is 10.1. The molecule has 0 aromatic rings. The topological polar surface area (TPSA) is 35.5 Å². The second kappa shape index (κ2) is 5.85. The monoisotopic (exact) mass is 288 g/mol. The minimum absolute atomic E-state index is 0.120. The molecule has 1 rings (SSSR count). The van der Waals surface area contributed by atoms with E-state index in [4.69, 9.17) is 4.74 Å². The van der Waals surface area contributed by atoms with Crippen LogP contribution in [0.25, 0.3) is 0 Å². The van der Waals surface area contributed by atoms with Crippen molar-refractivity contribution in [2.75, 3.05) is 13.2 Å². The number of ether oxygens (including phenoxy) is 2. The van der Waals surface area contributed by atoms with E-state index < -0.39 is 23.6 Å². The zero-order valence-corrected chi connectivity index (χ0v) is 10.1. The number of hydrogen-bond donors (Lipinski definition) is 0. The van der Waals surface area contributed by atoms with E-state index in [0.29, 0.717) is 12.7 Å². The molecule has 0 amide bonds. The average Bonchev–Trinajstić information content (AvgIpc) is 2.20. The van der Waals surface area contributed by atoms with Gasteiger partial charge >= 0.3 is 18.1 Å². The Morgan fingerprint density at radius 3 is 2.32 bits per heavy atom. The lowest BCUT2D eigenvalue weighted by atomic mass is 10.1. The van der Waals surface area contributed by atoms with Crippen molar-refractivity contribution >= 4 is 5.97 Å². The maximum Gasteiger partial charge on any atom is 0.458 e. The van der Waals surface area contributed by atoms with Gasteiger partial charge < -0.3 is 9.47 Å². The number of rotatable bonds is 5. The molecule has 0 aromatic heterocycles. The third-order valence-electron chi connectivity index (χ3n) is 2.67. The summed E-state index contributed by atoms with van der Waals surface area (Å²) in [6.45, 7) is 1.24. The first kappa shape index (κ1) is 15.9. The molecule has 1 heterocycles. The van der Waals surface area contributed by atoms with E-state index >= 15 is 0 Å². The quantitative estimate of drug-likeness (QED) is 0.443. The summed E-state index contributed by atoms with van der Waals surface area (Å²) in [5.74, 6) is -6.88. The van der Waals surface area contributed by atoms with E-state index in [9.17, 15) is 26.7 Å². The third-order valence-corrected chi connectivity index (χ3v) is 2.67. The minimum atomic E-state index is -5.83. The van der Waals surface area contributed by atoms with Gasteiger partial charge in [0.05, 0.1) is 12.7 Å². The van der Waals surface area contributed by atoms with E-state index in [1.54, 1.807) is 0 Å². The third kappa shape index (κ3) is 3.65. The van der Waals surface area contributed by atoms with Crippen molar-refractivity contribution in [2.24, 2.45) is 0 Å². The second-order valence-electron chi connectivity index (χ2n) is 3.98. The molecule has 0 spiro atoms. The Kier molecular flexibility index (Phi) is 4.89. The Morgan fingerprint density at radius 1 is 1.37 bits per heavy atom. The molecule has 1 saturated heterocycles. The Balaban J connectivity index is 2.56. The molecule has 110 valence electrons. The van der Waals surface area contributed by atoms with Crippen LogP contribution in [0.15, 0.2) is 11.6 Å². The van der Waals surface area contributed by atoms with Crippen LogP contribution in [0, 0.1) is 0 Å². The summed E-state index contributed by atoms with van der Waals surface area (Å²) >= 11 is 0. The summed E-state index contributed by atoms with van der Waals surface area (Å²) < 4.78 is 71.8. The zero-order chi connectivity index (χ0) is 14.7. The minimum Gasteiger partial charge on any atom is -0.462 e. The highest BCUT2D eigenvalue weighted by molar-refractivity contribution is 5.90. The van der Waals surface area contributed by atoms with E-state index in [1.807, 2.05) is 0 Å². The predicted octanol–water partition coefficient (Wildman–Crippen LogP) is 2.85. The molecule has 0 saturated carbocycles. The van der Waals surface area contributed by atoms with E-state index in [2.05, 4.69) is 4.74 Å². The SMILES string of the molecule is CC=C(C(=O)OCCC1CCO1)C(F)(F)C(F)(F)F. The van der Waals surface area contributed by atoms with Crippen LogP contribution in [-0.2, 0) is 14.3 Å². The van der Waals surface area contributed by atoms with Crippen molar-refractivity contribution in [3.05, 3.63) is 11.6 Å². The van der Waals surface area contributed by atoms with Crippen molar-refractivity contribution in [3.8, 4) is 0 Å². The van der Waals surface area contributed by atoms with E-state index in [0.717, 1.165) is 13.3 Å². The molecular formula is C11H13F5O3. The average molecular weight is 288 g/mol. The number of allylic oxidation sites excluding steroid dienone is 1. The van der Waals surface area contributed by atoms with Crippen molar-refractivity contribution in [3.63, 3.8) is 0 Å². The molecule has 0 bridgehead atoms. The Morgan fingerprint density at radius 2 is 1.95 bits per heavy atom. The first-order valence-electron chi connectivity index (χ1n) is 5.60. The van der Waals surface area contributed by atoms with Crippen LogP contribution in [0.2, 0.25) is 0 Å². The maximum absolute atomic E-state index is 13.0. The fraction of sp³-hybridized carbons (Fsp3) is 0.727. The Hall–Kier alpha value is -1.18. The van der Waals surface area contributed by atoms with Crippen LogP contribution in [0.4, 0.5) is 22.0 Å². The second-order valence-corrected chi connectivity index (χ2v) is 3.98. The highest BCUT2D eigenvalue weighted by atomic mass is 19.4. The molecule has 0 aliphatic carbocycles. The van der Waals surface area contributed by atoms with Crippen LogP contribution < -0.4 is 0 Å². The van der Waals surface area contributed by atoms with Gasteiger partial charge in [-0.05, 0) is 13.3 Å². The van der Waals surface area contributed by atoms with Crippen LogP contribution in [-0.4, -0.2) is 37.4 Å². The first-order chi connectivity index (χ1) is 8.70. The summed E-state index contributed by atoms with van der Waals surface area (Å²) in [5.41, 5.74) is -1.70. The molecule has 0 N–H and O–H groups in total. The van der Waals surface area contributed by atoms with Gasteiger partial charge in [-0.25, -0.2) is 4.79 Å². The fourth-order valence-corrected chi connectivity index (χ4v) is 1.45. The van der Waals surface area contributed by atoms with Gasteiger partial charge in [0, 0.05) is 13.0 Å². The molecule has 0 aromatic carbocycles. The lowest BCUT2D eigenvalue weighted by Gasteiger charge is -2.26. The molecule has 8 heteroatoms. The molecule has 3 nitrogen and oxygen atoms in total. The Bertz CT molecular complexity index is 358. The molecule has 19 heavy (non-hydrogen) atoms. The lowest BCUT2D eigenvalue weighted by molar-refractivity contribution is -0.265. The fourth-order valence-electron chi connectivity index (χ4n) is 1.45. The van der Waals surface area contributed by atoms with Gasteiger partial charge in [-0.2, -0.15) is 22.0 Å². The van der Waals surface area contributed by atoms with Crippen LogP contribution in [0.1, 0.15) is 19.8 Å². The number of hydrogen-bond acceptors (Lipinski definition) is 3. The number of carbonyl (C=O) groups is 1. The number of esters is 1. The van der Waals surface area contributed by atoms with Crippen molar-refractivity contribution in [1.29, 1.82) is 0 Å². The highest BCUT2D eigenvalue weighted by Gasteiger charge is 2.62. The molecule has 1 aliphatic heterocycles. The largest absolute Gasteiger partial charge is 0.462 e. The van der Waals surface area contributed by atoms with Crippen LogP contribution in [0.5, 0.6) is 0 Å². The molecular weight excluding hydrogens is 275 g/mol. The van der Waals surface area contributed by atoms with E-state index in [1.165, 1.54) is 0 Å². The molecule has 1 atom stereocenters. The summed E-state index contributed by atoms with van der Waals surface area (Å²) in [4.78, 5) is 11.2. The van der Waals surface area contributed by atoms with Gasteiger partial charge in [-0.3, -0.25) is 0 Å². The molecule has 1 unspecified atom stereocenters. The van der Waals surface area contributed by atoms with Crippen molar-refractivity contribution in [1.82, 2.24) is 0 Å². The molecule has 1 aliphatic rings. The normalized spacial score (nSPS) is 20.9. The van der Waals surface area contributed by atoms with Gasteiger partial charge in [0.25, 0.3) is 0 Å². The van der Waals surface area contributed by atoms with Gasteiger partial charge in [0.15, 0.2) is 0 Å². The molecule has 0 radical (unpaired) electrons. The summed E-state index contributed by atoms with van der Waals surface area (Å²) in [6, 6.07) is 0.